The molecule has 0 spiro atoms. The summed E-state index contributed by atoms with van der Waals surface area (Å²) in [5.74, 6) is -0.325. The molecule has 0 radical (unpaired) electrons. The van der Waals surface area contributed by atoms with E-state index in [0.717, 1.165) is 5.56 Å². The Hall–Kier alpha value is -2.11. The van der Waals surface area contributed by atoms with Crippen LogP contribution in [0.1, 0.15) is 5.69 Å². The van der Waals surface area contributed by atoms with Crippen molar-refractivity contribution in [2.24, 2.45) is 0 Å². The van der Waals surface area contributed by atoms with Crippen LogP contribution in [0.3, 0.4) is 0 Å². The molecule has 0 unspecified atom stereocenters. The van der Waals surface area contributed by atoms with Gasteiger partial charge in [0, 0.05) is 10.9 Å². The van der Waals surface area contributed by atoms with Crippen molar-refractivity contribution in [2.75, 3.05) is 0 Å². The molecule has 1 aromatic carbocycles. The third-order valence-electron chi connectivity index (χ3n) is 2.57. The van der Waals surface area contributed by atoms with Gasteiger partial charge in [-0.2, -0.15) is 15.6 Å². The zero-order chi connectivity index (χ0) is 14.1. The Kier molecular flexibility index (Phi) is 3.30. The van der Waals surface area contributed by atoms with Gasteiger partial charge in [-0.15, -0.1) is 16.4 Å². The zero-order valence-corrected chi connectivity index (χ0v) is 12.2. The summed E-state index contributed by atoms with van der Waals surface area (Å²) in [6, 6.07) is 6.62. The maximum atomic E-state index is 13.2. The van der Waals surface area contributed by atoms with E-state index in [9.17, 15) is 4.39 Å². The Balaban J connectivity index is 2.02. The van der Waals surface area contributed by atoms with Crippen molar-refractivity contribution in [1.82, 2.24) is 20.4 Å². The predicted octanol–water partition coefficient (Wildman–Crippen LogP) is 3.37. The van der Waals surface area contributed by atoms with Gasteiger partial charge in [0.05, 0.1) is 4.47 Å². The van der Waals surface area contributed by atoms with Crippen LogP contribution in [0.25, 0.3) is 22.0 Å². The van der Waals surface area contributed by atoms with Crippen molar-refractivity contribution >= 4 is 27.3 Å². The molecule has 0 saturated heterocycles. The second-order valence-corrected chi connectivity index (χ2v) is 5.51. The van der Waals surface area contributed by atoms with Gasteiger partial charge in [-0.1, -0.05) is 0 Å². The van der Waals surface area contributed by atoms with Crippen LogP contribution in [-0.2, 0) is 0 Å². The summed E-state index contributed by atoms with van der Waals surface area (Å²) in [6.45, 7) is 0. The Labute approximate surface area is 125 Å². The fraction of sp³-hybridized carbons (Fsp3) is 0. The molecule has 1 N–H and O–H groups in total. The summed E-state index contributed by atoms with van der Waals surface area (Å²) in [4.78, 5) is 4.40. The fourth-order valence-electron chi connectivity index (χ4n) is 1.63. The van der Waals surface area contributed by atoms with Crippen LogP contribution >= 0.6 is 27.3 Å². The Morgan fingerprint density at radius 3 is 2.95 bits per heavy atom. The number of nitrogens with zero attached hydrogens (tertiary/aromatic N) is 4. The van der Waals surface area contributed by atoms with E-state index in [4.69, 9.17) is 5.26 Å². The Morgan fingerprint density at radius 2 is 2.20 bits per heavy atom. The number of nitrogens with one attached hydrogen (secondary N) is 1. The minimum absolute atomic E-state index is 0.196. The second kappa shape index (κ2) is 5.11. The van der Waals surface area contributed by atoms with E-state index in [1.807, 2.05) is 6.07 Å². The first-order valence-corrected chi connectivity index (χ1v) is 7.08. The van der Waals surface area contributed by atoms with Crippen molar-refractivity contribution in [2.45, 2.75) is 0 Å². The van der Waals surface area contributed by atoms with E-state index in [1.165, 1.54) is 17.4 Å². The minimum Gasteiger partial charge on any atom is -0.234 e. The molecule has 2 aromatic heterocycles. The molecule has 0 atom stereocenters. The number of nitriles is 1. The van der Waals surface area contributed by atoms with Gasteiger partial charge in [0.1, 0.15) is 28.3 Å². The van der Waals surface area contributed by atoms with Gasteiger partial charge < -0.3 is 0 Å². The normalized spacial score (nSPS) is 10.4. The molecule has 0 fully saturated rings. The molecule has 0 amide bonds. The van der Waals surface area contributed by atoms with Crippen molar-refractivity contribution in [1.29, 1.82) is 5.26 Å². The minimum atomic E-state index is -0.325. The third kappa shape index (κ3) is 2.21. The summed E-state index contributed by atoms with van der Waals surface area (Å²) in [5.41, 5.74) is 1.96. The molecule has 0 aliphatic heterocycles. The molecule has 3 aromatic rings. The highest BCUT2D eigenvalue weighted by molar-refractivity contribution is 9.10. The number of rotatable bonds is 2. The lowest BCUT2D eigenvalue weighted by atomic mass is 10.2. The molecule has 3 rings (SSSR count). The van der Waals surface area contributed by atoms with Gasteiger partial charge in [-0.3, -0.25) is 0 Å². The van der Waals surface area contributed by atoms with Gasteiger partial charge in [-0.05, 0) is 34.1 Å². The predicted molar refractivity (Wildman–Crippen MR) is 75.3 cm³/mol. The first kappa shape index (κ1) is 12.9. The van der Waals surface area contributed by atoms with Gasteiger partial charge in [0.2, 0.25) is 0 Å². The largest absolute Gasteiger partial charge is 0.234 e. The van der Waals surface area contributed by atoms with E-state index in [2.05, 4.69) is 36.3 Å². The molecular weight excluding hydrogens is 345 g/mol. The number of thiazole rings is 1. The molecule has 0 bridgehead atoms. The molecule has 20 heavy (non-hydrogen) atoms. The summed E-state index contributed by atoms with van der Waals surface area (Å²) in [7, 11) is 0. The van der Waals surface area contributed by atoms with Crippen molar-refractivity contribution in [3.05, 3.63) is 39.6 Å². The molecule has 2 heterocycles. The molecule has 98 valence electrons. The summed E-state index contributed by atoms with van der Waals surface area (Å²) < 4.78 is 13.6. The monoisotopic (exact) mass is 349 g/mol. The Bertz CT molecular complexity index is 819. The summed E-state index contributed by atoms with van der Waals surface area (Å²) in [5, 5.41) is 21.5. The van der Waals surface area contributed by atoms with Crippen LogP contribution in [-0.4, -0.2) is 20.4 Å². The SMILES string of the molecule is N#Cc1n[nH]nc1-c1csc(-c2ccc(F)c(Br)c2)n1. The van der Waals surface area contributed by atoms with Gasteiger partial charge in [0.25, 0.3) is 0 Å². The lowest BCUT2D eigenvalue weighted by Gasteiger charge is -1.98. The van der Waals surface area contributed by atoms with Gasteiger partial charge >= 0.3 is 0 Å². The first-order valence-electron chi connectivity index (χ1n) is 5.41. The molecular formula is C12H5BrFN5S. The quantitative estimate of drug-likeness (QED) is 0.769. The molecule has 5 nitrogen and oxygen atoms in total. The standard InChI is InChI=1S/C12H5BrFN5S/c13-7-3-6(1-2-8(7)14)12-16-10(5-20-12)11-9(4-15)17-19-18-11/h1-3,5H,(H,17,18,19). The van der Waals surface area contributed by atoms with Crippen LogP contribution in [0.15, 0.2) is 28.1 Å². The number of hydrogen-bond donors (Lipinski definition) is 1. The highest BCUT2D eigenvalue weighted by atomic mass is 79.9. The lowest BCUT2D eigenvalue weighted by molar-refractivity contribution is 0.621. The maximum Gasteiger partial charge on any atom is 0.192 e. The van der Waals surface area contributed by atoms with Crippen LogP contribution in [0.5, 0.6) is 0 Å². The average Bonchev–Trinajstić information content (AvgIpc) is 3.09. The highest BCUT2D eigenvalue weighted by Crippen LogP contribution is 2.30. The van der Waals surface area contributed by atoms with Gasteiger partial charge in [-0.25, -0.2) is 9.37 Å². The van der Waals surface area contributed by atoms with Crippen LogP contribution in [0.4, 0.5) is 4.39 Å². The first-order chi connectivity index (χ1) is 9.69. The lowest BCUT2D eigenvalue weighted by Crippen LogP contribution is -1.84. The molecule has 0 aliphatic rings. The summed E-state index contributed by atoms with van der Waals surface area (Å²) in [6.07, 6.45) is 0. The molecule has 0 aliphatic carbocycles. The number of H-pyrrole nitrogens is 1. The number of aromatic amines is 1. The van der Waals surface area contributed by atoms with Crippen LogP contribution < -0.4 is 0 Å². The topological polar surface area (TPSA) is 78.2 Å². The van der Waals surface area contributed by atoms with Gasteiger partial charge in [0.15, 0.2) is 5.69 Å². The van der Waals surface area contributed by atoms with Crippen molar-refractivity contribution < 1.29 is 4.39 Å². The van der Waals surface area contributed by atoms with Crippen LogP contribution in [0.2, 0.25) is 0 Å². The zero-order valence-electron chi connectivity index (χ0n) is 9.76. The van der Waals surface area contributed by atoms with E-state index in [-0.39, 0.29) is 11.5 Å². The average molecular weight is 350 g/mol. The molecule has 8 heteroatoms. The number of halogens is 2. The van der Waals surface area contributed by atoms with Crippen molar-refractivity contribution in [3.63, 3.8) is 0 Å². The maximum absolute atomic E-state index is 13.2. The Morgan fingerprint density at radius 1 is 1.35 bits per heavy atom. The van der Waals surface area contributed by atoms with E-state index in [0.29, 0.717) is 20.9 Å². The van der Waals surface area contributed by atoms with E-state index < -0.39 is 0 Å². The van der Waals surface area contributed by atoms with Crippen molar-refractivity contribution in [3.8, 4) is 28.0 Å². The summed E-state index contributed by atoms with van der Waals surface area (Å²) >= 11 is 4.53. The second-order valence-electron chi connectivity index (χ2n) is 3.80. The van der Waals surface area contributed by atoms with E-state index in [1.54, 1.807) is 17.5 Å². The molecule has 0 saturated carbocycles. The fourth-order valence-corrected chi connectivity index (χ4v) is 2.81. The third-order valence-corrected chi connectivity index (χ3v) is 4.07. The van der Waals surface area contributed by atoms with E-state index >= 15 is 0 Å². The smallest absolute Gasteiger partial charge is 0.192 e. The van der Waals surface area contributed by atoms with Crippen LogP contribution in [0, 0.1) is 17.1 Å². The number of hydrogen-bond acceptors (Lipinski definition) is 5. The number of aromatic nitrogens is 4. The highest BCUT2D eigenvalue weighted by Gasteiger charge is 2.14. The number of benzene rings is 1.